The van der Waals surface area contributed by atoms with E-state index in [1.165, 1.54) is 18.6 Å². The fourth-order valence-electron chi connectivity index (χ4n) is 6.03. The summed E-state index contributed by atoms with van der Waals surface area (Å²) in [7, 11) is 0. The molecule has 0 spiro atoms. The molecule has 7 atom stereocenters. The van der Waals surface area contributed by atoms with Crippen molar-refractivity contribution >= 4 is 63.1 Å². The number of ether oxygens (including phenoxy) is 3. The maximum atomic E-state index is 12.2. The predicted octanol–water partition coefficient (Wildman–Crippen LogP) is 4.88. The molecule has 0 aromatic rings. The number of hydrogen-bond donors (Lipinski definition) is 0. The number of alkyl halides is 2. The summed E-state index contributed by atoms with van der Waals surface area (Å²) >= 11 is 4.51. The lowest BCUT2D eigenvalue weighted by Gasteiger charge is -2.36. The number of hydrogen-bond acceptors (Lipinski definition) is 6. The molecule has 0 amide bonds. The summed E-state index contributed by atoms with van der Waals surface area (Å²) in [5.41, 5.74) is 0. The maximum absolute atomic E-state index is 12.2. The standard InChI is InChI=1S/C23H28I2O6/c1-2-3-20(27)31-23(25)12-15-8-16(18(23)10-15)13-29-19(26)6-7-21(28)30-22(24)11-14-4-5-17(22)9-14/h2-3,6-7,14-18H,4-5,8-13H2,1H3/b3-2+,7-6-. The highest BCUT2D eigenvalue weighted by Crippen LogP contribution is 2.59. The molecule has 0 radical (unpaired) electrons. The van der Waals surface area contributed by atoms with Crippen molar-refractivity contribution in [1.29, 1.82) is 0 Å². The SMILES string of the molecule is C/C=C/C(=O)OC1(I)CC2CC(COC(=O)/C=C\C(=O)OC3(I)CC4CCC3C4)C1C2. The van der Waals surface area contributed by atoms with Crippen LogP contribution in [0.1, 0.15) is 51.9 Å². The topological polar surface area (TPSA) is 78.9 Å². The molecule has 8 heteroatoms. The van der Waals surface area contributed by atoms with Crippen molar-refractivity contribution in [2.24, 2.45) is 29.6 Å². The van der Waals surface area contributed by atoms with Crippen molar-refractivity contribution < 1.29 is 28.6 Å². The molecule has 4 bridgehead atoms. The number of allylic oxidation sites excluding steroid dienone is 1. The van der Waals surface area contributed by atoms with E-state index in [-0.39, 0.29) is 24.4 Å². The zero-order chi connectivity index (χ0) is 22.2. The lowest BCUT2D eigenvalue weighted by molar-refractivity contribution is -0.151. The van der Waals surface area contributed by atoms with E-state index in [0.717, 1.165) is 44.6 Å². The van der Waals surface area contributed by atoms with Gasteiger partial charge in [0.15, 0.2) is 7.22 Å². The fraction of sp³-hybridized carbons (Fsp3) is 0.696. The van der Waals surface area contributed by atoms with Gasteiger partial charge in [-0.2, -0.15) is 0 Å². The van der Waals surface area contributed by atoms with Gasteiger partial charge in [-0.05, 0) is 109 Å². The van der Waals surface area contributed by atoms with Crippen molar-refractivity contribution in [2.75, 3.05) is 6.61 Å². The zero-order valence-electron chi connectivity index (χ0n) is 17.6. The number of esters is 3. The summed E-state index contributed by atoms with van der Waals surface area (Å²) in [6.45, 7) is 2.05. The Labute approximate surface area is 210 Å². The number of fused-ring (bicyclic) bond motifs is 4. The van der Waals surface area contributed by atoms with Crippen LogP contribution < -0.4 is 0 Å². The Morgan fingerprint density at radius 2 is 1.55 bits per heavy atom. The van der Waals surface area contributed by atoms with E-state index in [0.29, 0.717) is 17.8 Å². The van der Waals surface area contributed by atoms with E-state index in [9.17, 15) is 14.4 Å². The molecule has 0 aromatic carbocycles. The first-order valence-corrected chi connectivity index (χ1v) is 13.2. The number of rotatable bonds is 7. The molecule has 4 saturated carbocycles. The predicted molar refractivity (Wildman–Crippen MR) is 130 cm³/mol. The Bertz CT molecular complexity index is 810. The summed E-state index contributed by atoms with van der Waals surface area (Å²) in [6, 6.07) is 0. The summed E-state index contributed by atoms with van der Waals surface area (Å²) in [6.07, 6.45) is 12.6. The quantitative estimate of drug-likeness (QED) is 0.128. The highest BCUT2D eigenvalue weighted by molar-refractivity contribution is 14.1. The van der Waals surface area contributed by atoms with Gasteiger partial charge in [-0.1, -0.05) is 6.08 Å². The molecule has 4 aliphatic rings. The Balaban J connectivity index is 1.24. The fourth-order valence-corrected chi connectivity index (χ4v) is 9.04. The molecule has 6 nitrogen and oxygen atoms in total. The second kappa shape index (κ2) is 9.30. The van der Waals surface area contributed by atoms with E-state index >= 15 is 0 Å². The van der Waals surface area contributed by atoms with Crippen LogP contribution in [-0.4, -0.2) is 31.7 Å². The van der Waals surface area contributed by atoms with Gasteiger partial charge in [0.1, 0.15) is 0 Å². The van der Waals surface area contributed by atoms with Crippen molar-refractivity contribution in [3.8, 4) is 0 Å². The van der Waals surface area contributed by atoms with Crippen molar-refractivity contribution in [3.63, 3.8) is 0 Å². The molecule has 0 aliphatic heterocycles. The first-order valence-electron chi connectivity index (χ1n) is 11.0. The van der Waals surface area contributed by atoms with Crippen LogP contribution >= 0.6 is 45.2 Å². The Kier molecular flexibility index (Phi) is 7.06. The molecule has 4 aliphatic carbocycles. The minimum atomic E-state index is -0.542. The van der Waals surface area contributed by atoms with Crippen molar-refractivity contribution in [1.82, 2.24) is 0 Å². The largest absolute Gasteiger partial charge is 0.462 e. The number of halogens is 2. The van der Waals surface area contributed by atoms with Gasteiger partial charge in [0.25, 0.3) is 0 Å². The molecule has 0 saturated heterocycles. The molecular weight excluding hydrogens is 626 g/mol. The normalized spacial score (nSPS) is 40.7. The third-order valence-electron chi connectivity index (χ3n) is 7.27. The molecule has 4 rings (SSSR count). The Morgan fingerprint density at radius 3 is 2.19 bits per heavy atom. The lowest BCUT2D eigenvalue weighted by atomic mass is 9.87. The monoisotopic (exact) mass is 654 g/mol. The zero-order valence-corrected chi connectivity index (χ0v) is 21.9. The first kappa shape index (κ1) is 23.5. The summed E-state index contributed by atoms with van der Waals surface area (Å²) < 4.78 is 15.9. The van der Waals surface area contributed by atoms with Crippen LogP contribution in [-0.2, 0) is 28.6 Å². The molecule has 0 aromatic heterocycles. The molecule has 0 N–H and O–H groups in total. The van der Waals surface area contributed by atoms with Crippen LogP contribution in [0.15, 0.2) is 24.3 Å². The summed E-state index contributed by atoms with van der Waals surface area (Å²) in [5, 5.41) is 0. The van der Waals surface area contributed by atoms with Gasteiger partial charge in [0, 0.05) is 36.0 Å². The summed E-state index contributed by atoms with van der Waals surface area (Å²) in [4.78, 5) is 36.3. The summed E-state index contributed by atoms with van der Waals surface area (Å²) in [5.74, 6) is 0.543. The highest BCUT2D eigenvalue weighted by Gasteiger charge is 2.57. The third kappa shape index (κ3) is 5.14. The number of carbonyl (C=O) groups excluding carboxylic acids is 3. The van der Waals surface area contributed by atoms with Crippen LogP contribution in [0.3, 0.4) is 0 Å². The van der Waals surface area contributed by atoms with Gasteiger partial charge in [-0.15, -0.1) is 0 Å². The second-order valence-electron chi connectivity index (χ2n) is 9.37. The molecular formula is C23H28I2O6. The van der Waals surface area contributed by atoms with Gasteiger partial charge in [-0.25, -0.2) is 14.4 Å². The van der Waals surface area contributed by atoms with E-state index < -0.39 is 19.2 Å². The second-order valence-corrected chi connectivity index (χ2v) is 13.0. The van der Waals surface area contributed by atoms with Crippen LogP contribution in [0.4, 0.5) is 0 Å². The molecule has 7 unspecified atom stereocenters. The van der Waals surface area contributed by atoms with Gasteiger partial charge in [0.2, 0.25) is 0 Å². The van der Waals surface area contributed by atoms with Crippen molar-refractivity contribution in [2.45, 2.75) is 59.1 Å². The average molecular weight is 654 g/mol. The minimum Gasteiger partial charge on any atom is -0.462 e. The maximum Gasteiger partial charge on any atom is 0.332 e. The van der Waals surface area contributed by atoms with E-state index in [4.69, 9.17) is 14.2 Å². The third-order valence-corrected chi connectivity index (χ3v) is 10.3. The molecule has 4 fully saturated rings. The Hall–Kier alpha value is -0.650. The van der Waals surface area contributed by atoms with E-state index in [1.807, 2.05) is 0 Å². The van der Waals surface area contributed by atoms with Crippen LogP contribution in [0.2, 0.25) is 0 Å². The average Bonchev–Trinajstić information content (AvgIpc) is 3.44. The van der Waals surface area contributed by atoms with E-state index in [2.05, 4.69) is 45.2 Å². The van der Waals surface area contributed by atoms with Gasteiger partial charge in [0.05, 0.1) is 6.61 Å². The number of carbonyl (C=O) groups is 3. The highest BCUT2D eigenvalue weighted by atomic mass is 127. The first-order chi connectivity index (χ1) is 14.7. The van der Waals surface area contributed by atoms with Crippen LogP contribution in [0.25, 0.3) is 0 Å². The van der Waals surface area contributed by atoms with Crippen molar-refractivity contribution in [3.05, 3.63) is 24.3 Å². The van der Waals surface area contributed by atoms with E-state index in [1.54, 1.807) is 13.0 Å². The van der Waals surface area contributed by atoms with Gasteiger partial charge in [-0.3, -0.25) is 0 Å². The van der Waals surface area contributed by atoms with Crippen LogP contribution in [0.5, 0.6) is 0 Å². The molecule has 0 heterocycles. The van der Waals surface area contributed by atoms with Crippen LogP contribution in [0, 0.1) is 29.6 Å². The Morgan fingerprint density at radius 1 is 0.871 bits per heavy atom. The molecule has 31 heavy (non-hydrogen) atoms. The van der Waals surface area contributed by atoms with Gasteiger partial charge >= 0.3 is 17.9 Å². The minimum absolute atomic E-state index is 0.157. The smallest absolute Gasteiger partial charge is 0.332 e. The lowest BCUT2D eigenvalue weighted by Crippen LogP contribution is -2.39. The van der Waals surface area contributed by atoms with Gasteiger partial charge < -0.3 is 14.2 Å². The molecule has 170 valence electrons.